The SMILES string of the molecule is CC(C)c1c(Cl)nc(-c2ccc(Cl)c(Cl)c2)nc1Cl. The molecule has 0 amide bonds. The van der Waals surface area contributed by atoms with E-state index < -0.39 is 0 Å². The number of rotatable bonds is 2. The molecule has 6 heteroatoms. The highest BCUT2D eigenvalue weighted by Gasteiger charge is 2.16. The summed E-state index contributed by atoms with van der Waals surface area (Å²) in [5.74, 6) is 0.584. The molecule has 0 aliphatic rings. The highest BCUT2D eigenvalue weighted by Crippen LogP contribution is 2.32. The lowest BCUT2D eigenvalue weighted by Gasteiger charge is -2.11. The van der Waals surface area contributed by atoms with E-state index in [1.165, 1.54) is 0 Å². The van der Waals surface area contributed by atoms with E-state index in [0.717, 1.165) is 5.56 Å². The van der Waals surface area contributed by atoms with Crippen LogP contribution in [0.25, 0.3) is 11.4 Å². The Morgan fingerprint density at radius 3 is 1.95 bits per heavy atom. The van der Waals surface area contributed by atoms with Gasteiger partial charge in [-0.3, -0.25) is 0 Å². The molecule has 100 valence electrons. The van der Waals surface area contributed by atoms with E-state index in [9.17, 15) is 0 Å². The summed E-state index contributed by atoms with van der Waals surface area (Å²) in [5.41, 5.74) is 1.46. The van der Waals surface area contributed by atoms with Gasteiger partial charge in [-0.05, 0) is 24.1 Å². The van der Waals surface area contributed by atoms with Crippen molar-refractivity contribution in [1.82, 2.24) is 9.97 Å². The van der Waals surface area contributed by atoms with Gasteiger partial charge < -0.3 is 0 Å². The Morgan fingerprint density at radius 2 is 1.47 bits per heavy atom. The molecule has 0 aliphatic carbocycles. The van der Waals surface area contributed by atoms with Crippen LogP contribution in [0.15, 0.2) is 18.2 Å². The molecule has 0 bridgehead atoms. The Balaban J connectivity index is 2.55. The predicted molar refractivity (Wildman–Crippen MR) is 81.6 cm³/mol. The molecule has 0 saturated heterocycles. The molecule has 0 aliphatic heterocycles. The number of benzene rings is 1. The van der Waals surface area contributed by atoms with Crippen molar-refractivity contribution in [2.75, 3.05) is 0 Å². The number of hydrogen-bond donors (Lipinski definition) is 0. The topological polar surface area (TPSA) is 25.8 Å². The van der Waals surface area contributed by atoms with Gasteiger partial charge >= 0.3 is 0 Å². The first kappa shape index (κ1) is 14.9. The van der Waals surface area contributed by atoms with Crippen molar-refractivity contribution in [2.24, 2.45) is 0 Å². The monoisotopic (exact) mass is 334 g/mol. The quantitative estimate of drug-likeness (QED) is 0.640. The van der Waals surface area contributed by atoms with Crippen LogP contribution in [-0.2, 0) is 0 Å². The number of hydrogen-bond acceptors (Lipinski definition) is 2. The summed E-state index contributed by atoms with van der Waals surface area (Å²) in [6.07, 6.45) is 0. The van der Waals surface area contributed by atoms with Gasteiger partial charge in [-0.15, -0.1) is 0 Å². The molecular formula is C13H10Cl4N2. The second-order valence-electron chi connectivity index (χ2n) is 4.33. The summed E-state index contributed by atoms with van der Waals surface area (Å²) < 4.78 is 0. The molecule has 19 heavy (non-hydrogen) atoms. The van der Waals surface area contributed by atoms with Crippen molar-refractivity contribution in [1.29, 1.82) is 0 Å². The zero-order valence-corrected chi connectivity index (χ0v) is 13.2. The van der Waals surface area contributed by atoms with Gasteiger partial charge in [-0.1, -0.05) is 60.3 Å². The standard InChI is InChI=1S/C13H10Cl4N2/c1-6(2)10-11(16)18-13(19-12(10)17)7-3-4-8(14)9(15)5-7/h3-6H,1-2H3. The van der Waals surface area contributed by atoms with Gasteiger partial charge in [0.2, 0.25) is 0 Å². The van der Waals surface area contributed by atoms with Crippen LogP contribution in [0.4, 0.5) is 0 Å². The summed E-state index contributed by atoms with van der Waals surface area (Å²) in [6, 6.07) is 5.13. The van der Waals surface area contributed by atoms with Crippen LogP contribution in [0, 0.1) is 0 Å². The van der Waals surface area contributed by atoms with Crippen LogP contribution >= 0.6 is 46.4 Å². The number of halogens is 4. The first-order valence-electron chi connectivity index (χ1n) is 5.58. The molecule has 2 nitrogen and oxygen atoms in total. The van der Waals surface area contributed by atoms with Gasteiger partial charge in [-0.2, -0.15) is 0 Å². The normalized spacial score (nSPS) is 11.1. The van der Waals surface area contributed by atoms with E-state index in [-0.39, 0.29) is 5.92 Å². The molecule has 0 N–H and O–H groups in total. The molecule has 0 fully saturated rings. The third kappa shape index (κ3) is 3.14. The van der Waals surface area contributed by atoms with Gasteiger partial charge in [0, 0.05) is 11.1 Å². The third-order valence-electron chi connectivity index (χ3n) is 2.61. The Kier molecular flexibility index (Phi) is 4.57. The molecule has 2 rings (SSSR count). The minimum Gasteiger partial charge on any atom is -0.216 e. The average Bonchev–Trinajstić information content (AvgIpc) is 2.31. The van der Waals surface area contributed by atoms with Crippen molar-refractivity contribution < 1.29 is 0 Å². The summed E-state index contributed by atoms with van der Waals surface area (Å²) in [6.45, 7) is 3.96. The van der Waals surface area contributed by atoms with Crippen LogP contribution in [0.3, 0.4) is 0 Å². The molecule has 1 aromatic carbocycles. The Hall–Kier alpha value is -0.540. The van der Waals surface area contributed by atoms with E-state index in [2.05, 4.69) is 9.97 Å². The second-order valence-corrected chi connectivity index (χ2v) is 5.86. The highest BCUT2D eigenvalue weighted by molar-refractivity contribution is 6.42. The maximum absolute atomic E-state index is 6.16. The zero-order chi connectivity index (χ0) is 14.2. The number of aromatic nitrogens is 2. The van der Waals surface area contributed by atoms with Gasteiger partial charge in [0.25, 0.3) is 0 Å². The molecule has 2 aromatic rings. The van der Waals surface area contributed by atoms with E-state index in [1.54, 1.807) is 18.2 Å². The van der Waals surface area contributed by atoms with Gasteiger partial charge in [0.15, 0.2) is 5.82 Å². The Morgan fingerprint density at radius 1 is 0.895 bits per heavy atom. The van der Waals surface area contributed by atoms with E-state index in [4.69, 9.17) is 46.4 Å². The molecule has 1 heterocycles. The van der Waals surface area contributed by atoms with Crippen LogP contribution in [-0.4, -0.2) is 9.97 Å². The molecule has 0 spiro atoms. The molecule has 0 saturated carbocycles. The number of nitrogens with zero attached hydrogens (tertiary/aromatic N) is 2. The van der Waals surface area contributed by atoms with Gasteiger partial charge in [-0.25, -0.2) is 9.97 Å². The summed E-state index contributed by atoms with van der Waals surface area (Å²) in [4.78, 5) is 8.53. The van der Waals surface area contributed by atoms with Crippen LogP contribution in [0.2, 0.25) is 20.4 Å². The molecule has 1 aromatic heterocycles. The fourth-order valence-corrected chi connectivity index (χ4v) is 2.78. The van der Waals surface area contributed by atoms with Crippen molar-refractivity contribution in [3.8, 4) is 11.4 Å². The first-order chi connectivity index (χ1) is 8.90. The second kappa shape index (κ2) is 5.84. The Labute approximate surface area is 131 Å². The van der Waals surface area contributed by atoms with Crippen molar-refractivity contribution in [3.63, 3.8) is 0 Å². The van der Waals surface area contributed by atoms with E-state index >= 15 is 0 Å². The van der Waals surface area contributed by atoms with Crippen molar-refractivity contribution >= 4 is 46.4 Å². The van der Waals surface area contributed by atoms with Gasteiger partial charge in [0.05, 0.1) is 10.0 Å². The minimum absolute atomic E-state index is 0.155. The largest absolute Gasteiger partial charge is 0.216 e. The maximum Gasteiger partial charge on any atom is 0.162 e. The predicted octanol–water partition coefficient (Wildman–Crippen LogP) is 5.88. The fraction of sp³-hybridized carbons (Fsp3) is 0.231. The summed E-state index contributed by atoms with van der Waals surface area (Å²) in [7, 11) is 0. The van der Waals surface area contributed by atoms with Gasteiger partial charge in [0.1, 0.15) is 10.3 Å². The molecule has 0 atom stereocenters. The first-order valence-corrected chi connectivity index (χ1v) is 7.09. The smallest absolute Gasteiger partial charge is 0.162 e. The fourth-order valence-electron chi connectivity index (χ4n) is 1.66. The summed E-state index contributed by atoms with van der Waals surface area (Å²) in [5, 5.41) is 1.62. The summed E-state index contributed by atoms with van der Waals surface area (Å²) >= 11 is 24.2. The third-order valence-corrected chi connectivity index (χ3v) is 3.92. The molecular weight excluding hydrogens is 326 g/mol. The van der Waals surface area contributed by atoms with Crippen molar-refractivity contribution in [2.45, 2.75) is 19.8 Å². The Bertz CT molecular complexity index is 603. The van der Waals surface area contributed by atoms with E-state index in [0.29, 0.717) is 31.7 Å². The van der Waals surface area contributed by atoms with E-state index in [1.807, 2.05) is 13.8 Å². The van der Waals surface area contributed by atoms with Crippen LogP contribution < -0.4 is 0 Å². The lowest BCUT2D eigenvalue weighted by molar-refractivity contribution is 0.848. The van der Waals surface area contributed by atoms with Crippen molar-refractivity contribution in [3.05, 3.63) is 44.1 Å². The maximum atomic E-state index is 6.16. The zero-order valence-electron chi connectivity index (χ0n) is 10.2. The lowest BCUT2D eigenvalue weighted by Crippen LogP contribution is -1.99. The highest BCUT2D eigenvalue weighted by atomic mass is 35.5. The van der Waals surface area contributed by atoms with Crippen LogP contribution in [0.1, 0.15) is 25.3 Å². The molecule has 0 unspecified atom stereocenters. The molecule has 0 radical (unpaired) electrons. The average molecular weight is 336 g/mol. The lowest BCUT2D eigenvalue weighted by atomic mass is 10.1. The van der Waals surface area contributed by atoms with Crippen LogP contribution in [0.5, 0.6) is 0 Å². The minimum atomic E-state index is 0.155.